The number of imidazole rings is 1. The second-order valence-corrected chi connectivity index (χ2v) is 6.39. The van der Waals surface area contributed by atoms with E-state index >= 15 is 0 Å². The first kappa shape index (κ1) is 18.1. The number of anilines is 1. The molecule has 4 atom stereocenters. The highest BCUT2D eigenvalue weighted by Gasteiger charge is 2.47. The van der Waals surface area contributed by atoms with Gasteiger partial charge < -0.3 is 25.4 Å². The molecular formula is C11H16N5O8P. The molecular weight excluding hydrogens is 361 g/mol. The van der Waals surface area contributed by atoms with E-state index in [9.17, 15) is 9.67 Å². The molecule has 0 saturated carbocycles. The van der Waals surface area contributed by atoms with E-state index in [2.05, 4.69) is 24.4 Å². The number of nitrogens with two attached hydrogens (primary N) is 1. The Hall–Kier alpha value is -1.70. The first-order valence-corrected chi connectivity index (χ1v) is 8.51. The van der Waals surface area contributed by atoms with Gasteiger partial charge in [-0.1, -0.05) is 0 Å². The Labute approximate surface area is 140 Å². The number of nitrogens with zero attached hydrogens (tertiary/aromatic N) is 4. The van der Waals surface area contributed by atoms with Crippen molar-refractivity contribution in [3.63, 3.8) is 0 Å². The Morgan fingerprint density at radius 3 is 2.84 bits per heavy atom. The van der Waals surface area contributed by atoms with Gasteiger partial charge in [-0.25, -0.2) is 29.3 Å². The predicted octanol–water partition coefficient (Wildman–Crippen LogP) is -1.28. The van der Waals surface area contributed by atoms with Crippen molar-refractivity contribution in [3.05, 3.63) is 12.7 Å². The summed E-state index contributed by atoms with van der Waals surface area (Å²) in [5, 5.41) is 10.3. The summed E-state index contributed by atoms with van der Waals surface area (Å²) in [7, 11) is -3.48. The fourth-order valence-corrected chi connectivity index (χ4v) is 2.86. The third kappa shape index (κ3) is 3.63. The molecule has 0 radical (unpaired) electrons. The molecule has 13 nitrogen and oxygen atoms in total. The molecule has 138 valence electrons. The number of phosphoric acid groups is 1. The number of rotatable bonds is 6. The zero-order valence-corrected chi connectivity index (χ0v) is 13.8. The normalized spacial score (nSPS) is 27.2. The highest BCUT2D eigenvalue weighted by Crippen LogP contribution is 2.39. The summed E-state index contributed by atoms with van der Waals surface area (Å²) in [4.78, 5) is 39.3. The molecule has 14 heteroatoms. The van der Waals surface area contributed by atoms with Gasteiger partial charge in [-0.05, 0) is 0 Å². The SMILES string of the molecule is COO[C@@H]1[C@@H](O)[C@@H](COP(=O)(O)O)O[C@H]1n1cnc2c(N)ncnc21. The summed E-state index contributed by atoms with van der Waals surface area (Å²) in [6.07, 6.45) is -1.78. The van der Waals surface area contributed by atoms with Crippen molar-refractivity contribution in [2.75, 3.05) is 19.5 Å². The first-order valence-electron chi connectivity index (χ1n) is 6.98. The highest BCUT2D eigenvalue weighted by atomic mass is 31.2. The van der Waals surface area contributed by atoms with Gasteiger partial charge in [-0.15, -0.1) is 0 Å². The van der Waals surface area contributed by atoms with Gasteiger partial charge in [0.1, 0.15) is 24.1 Å². The molecule has 1 fully saturated rings. The predicted molar refractivity (Wildman–Crippen MR) is 79.5 cm³/mol. The van der Waals surface area contributed by atoms with Crippen LogP contribution in [0.15, 0.2) is 12.7 Å². The molecule has 2 aromatic heterocycles. The summed E-state index contributed by atoms with van der Waals surface area (Å²) >= 11 is 0. The third-order valence-electron chi connectivity index (χ3n) is 3.59. The molecule has 3 rings (SSSR count). The molecule has 0 aliphatic carbocycles. The molecule has 5 N–H and O–H groups in total. The van der Waals surface area contributed by atoms with Gasteiger partial charge in [-0.2, -0.15) is 0 Å². The van der Waals surface area contributed by atoms with Crippen LogP contribution in [0.3, 0.4) is 0 Å². The smallest absolute Gasteiger partial charge is 0.387 e. The van der Waals surface area contributed by atoms with Crippen molar-refractivity contribution >= 4 is 24.8 Å². The van der Waals surface area contributed by atoms with E-state index < -0.39 is 39.0 Å². The van der Waals surface area contributed by atoms with E-state index in [0.717, 1.165) is 0 Å². The zero-order chi connectivity index (χ0) is 18.2. The minimum absolute atomic E-state index is 0.160. The van der Waals surface area contributed by atoms with E-state index in [4.69, 9.17) is 25.1 Å². The van der Waals surface area contributed by atoms with Gasteiger partial charge in [0.25, 0.3) is 0 Å². The number of hydrogen-bond donors (Lipinski definition) is 4. The largest absolute Gasteiger partial charge is 0.469 e. The van der Waals surface area contributed by atoms with Gasteiger partial charge in [-0.3, -0.25) is 9.09 Å². The molecule has 25 heavy (non-hydrogen) atoms. The summed E-state index contributed by atoms with van der Waals surface area (Å²) in [5.74, 6) is 0.160. The number of ether oxygens (including phenoxy) is 1. The number of hydrogen-bond acceptors (Lipinski definition) is 10. The number of fused-ring (bicyclic) bond motifs is 1. The highest BCUT2D eigenvalue weighted by molar-refractivity contribution is 7.46. The molecule has 2 aromatic rings. The maximum Gasteiger partial charge on any atom is 0.469 e. The van der Waals surface area contributed by atoms with Crippen LogP contribution >= 0.6 is 7.82 Å². The van der Waals surface area contributed by atoms with Crippen LogP contribution in [-0.4, -0.2) is 66.4 Å². The quantitative estimate of drug-likeness (QED) is 0.266. The van der Waals surface area contributed by atoms with Crippen LogP contribution in [0.1, 0.15) is 6.23 Å². The fraction of sp³-hybridized carbons (Fsp3) is 0.545. The van der Waals surface area contributed by atoms with Crippen molar-refractivity contribution in [2.24, 2.45) is 0 Å². The zero-order valence-electron chi connectivity index (χ0n) is 12.9. The van der Waals surface area contributed by atoms with E-state index in [0.29, 0.717) is 11.2 Å². The first-order chi connectivity index (χ1) is 11.8. The van der Waals surface area contributed by atoms with Gasteiger partial charge >= 0.3 is 7.82 Å². The van der Waals surface area contributed by atoms with E-state index in [1.54, 1.807) is 0 Å². The Morgan fingerprint density at radius 1 is 1.40 bits per heavy atom. The van der Waals surface area contributed by atoms with E-state index in [-0.39, 0.29) is 5.82 Å². The molecule has 0 spiro atoms. The van der Waals surface area contributed by atoms with Crippen LogP contribution in [0, 0.1) is 0 Å². The van der Waals surface area contributed by atoms with Crippen LogP contribution < -0.4 is 5.73 Å². The third-order valence-corrected chi connectivity index (χ3v) is 4.07. The van der Waals surface area contributed by atoms with E-state index in [1.165, 1.54) is 24.3 Å². The summed E-state index contributed by atoms with van der Waals surface area (Å²) in [5.41, 5.74) is 6.38. The van der Waals surface area contributed by atoms with Gasteiger partial charge in [0, 0.05) is 0 Å². The molecule has 0 aromatic carbocycles. The fourth-order valence-electron chi connectivity index (χ4n) is 2.52. The summed E-state index contributed by atoms with van der Waals surface area (Å²) in [6, 6.07) is 0. The Bertz CT molecular complexity index is 796. The second kappa shape index (κ2) is 6.90. The maximum atomic E-state index is 10.9. The van der Waals surface area contributed by atoms with Gasteiger partial charge in [0.15, 0.2) is 23.8 Å². The average molecular weight is 377 g/mol. The Balaban J connectivity index is 1.90. The number of nitrogen functional groups attached to an aromatic ring is 1. The van der Waals surface area contributed by atoms with Crippen LogP contribution in [-0.2, 0) is 23.6 Å². The lowest BCUT2D eigenvalue weighted by Crippen LogP contribution is -2.35. The van der Waals surface area contributed by atoms with Crippen molar-refractivity contribution in [1.82, 2.24) is 19.5 Å². The van der Waals surface area contributed by atoms with Crippen LogP contribution in [0.4, 0.5) is 5.82 Å². The molecule has 1 aliphatic rings. The molecule has 3 heterocycles. The average Bonchev–Trinajstić information content (AvgIpc) is 3.09. The monoisotopic (exact) mass is 377 g/mol. The topological polar surface area (TPSA) is 184 Å². The molecule has 1 saturated heterocycles. The van der Waals surface area contributed by atoms with Crippen molar-refractivity contribution in [1.29, 1.82) is 0 Å². The van der Waals surface area contributed by atoms with Crippen LogP contribution in [0.5, 0.6) is 0 Å². The Morgan fingerprint density at radius 2 is 2.16 bits per heavy atom. The summed E-state index contributed by atoms with van der Waals surface area (Å²) in [6.45, 7) is -0.560. The lowest BCUT2D eigenvalue weighted by molar-refractivity contribution is -0.327. The van der Waals surface area contributed by atoms with Gasteiger partial charge in [0.2, 0.25) is 0 Å². The number of aliphatic hydroxyl groups excluding tert-OH is 1. The minimum atomic E-state index is -4.72. The minimum Gasteiger partial charge on any atom is -0.387 e. The molecule has 0 unspecified atom stereocenters. The lowest BCUT2D eigenvalue weighted by Gasteiger charge is -2.19. The summed E-state index contributed by atoms with van der Waals surface area (Å²) < 4.78 is 22.3. The van der Waals surface area contributed by atoms with E-state index in [1.807, 2.05) is 0 Å². The van der Waals surface area contributed by atoms with Gasteiger partial charge in [0.05, 0.1) is 20.0 Å². The van der Waals surface area contributed by atoms with Crippen molar-refractivity contribution in [3.8, 4) is 0 Å². The lowest BCUT2D eigenvalue weighted by atomic mass is 10.1. The molecule has 0 bridgehead atoms. The number of aromatic nitrogens is 4. The standard InChI is InChI=1S/C11H16N5O8P/c1-21-24-8-7(17)5(2-22-25(18,19)20)23-11(8)16-4-15-6-9(12)13-3-14-10(6)16/h3-5,7-8,11,17H,2H2,1H3,(H2,12,13,14)(H2,18,19,20)/t5-,7+,8-,11-/m1/s1. The molecule has 0 amide bonds. The molecule has 1 aliphatic heterocycles. The number of phosphoric ester groups is 1. The van der Waals surface area contributed by atoms with Crippen molar-refractivity contribution in [2.45, 2.75) is 24.5 Å². The van der Waals surface area contributed by atoms with Crippen LogP contribution in [0.2, 0.25) is 0 Å². The van der Waals surface area contributed by atoms with Crippen molar-refractivity contribution < 1.29 is 38.5 Å². The number of aliphatic hydroxyl groups is 1. The van der Waals surface area contributed by atoms with Crippen LogP contribution in [0.25, 0.3) is 11.2 Å². The Kier molecular flexibility index (Phi) is 4.99. The second-order valence-electron chi connectivity index (χ2n) is 5.15. The maximum absolute atomic E-state index is 10.9.